The predicted octanol–water partition coefficient (Wildman–Crippen LogP) is 1.63. The molecule has 0 amide bonds. The topological polar surface area (TPSA) is 77.5 Å². The van der Waals surface area contributed by atoms with E-state index in [1.807, 2.05) is 0 Å². The third kappa shape index (κ3) is 1.36. The van der Waals surface area contributed by atoms with Gasteiger partial charge in [-0.05, 0) is 31.4 Å². The summed E-state index contributed by atoms with van der Waals surface area (Å²) in [7, 11) is 0. The molecule has 1 aromatic rings. The van der Waals surface area contributed by atoms with E-state index in [9.17, 15) is 4.79 Å². The summed E-state index contributed by atoms with van der Waals surface area (Å²) < 4.78 is 0. The lowest BCUT2D eigenvalue weighted by Crippen LogP contribution is -2.09. The smallest absolute Gasteiger partial charge is 0.168 e. The SMILES string of the molecule is Cc1nc(C=O)cc(C2(C#N)CC2)c1C#N. The second kappa shape index (κ2) is 3.43. The van der Waals surface area contributed by atoms with E-state index in [1.54, 1.807) is 13.0 Å². The van der Waals surface area contributed by atoms with Crippen molar-refractivity contribution in [2.75, 3.05) is 0 Å². The van der Waals surface area contributed by atoms with Crippen LogP contribution in [-0.4, -0.2) is 11.3 Å². The van der Waals surface area contributed by atoms with Gasteiger partial charge in [0.15, 0.2) is 6.29 Å². The van der Waals surface area contributed by atoms with Crippen LogP contribution in [-0.2, 0) is 5.41 Å². The number of aldehydes is 1. The van der Waals surface area contributed by atoms with Crippen LogP contribution < -0.4 is 0 Å². The largest absolute Gasteiger partial charge is 0.296 e. The zero-order valence-corrected chi connectivity index (χ0v) is 8.82. The van der Waals surface area contributed by atoms with Crippen molar-refractivity contribution < 1.29 is 4.79 Å². The third-order valence-electron chi connectivity index (χ3n) is 2.93. The van der Waals surface area contributed by atoms with E-state index in [0.717, 1.165) is 12.8 Å². The number of nitrogens with zero attached hydrogens (tertiary/aromatic N) is 3. The highest BCUT2D eigenvalue weighted by atomic mass is 16.1. The van der Waals surface area contributed by atoms with Crippen LogP contribution in [0, 0.1) is 29.6 Å². The minimum Gasteiger partial charge on any atom is -0.296 e. The van der Waals surface area contributed by atoms with Gasteiger partial charge in [0.25, 0.3) is 0 Å². The normalized spacial score (nSPS) is 15.9. The number of pyridine rings is 1. The third-order valence-corrected chi connectivity index (χ3v) is 2.93. The van der Waals surface area contributed by atoms with Crippen molar-refractivity contribution in [1.82, 2.24) is 4.98 Å². The molecule has 1 aromatic heterocycles. The lowest BCUT2D eigenvalue weighted by atomic mass is 9.92. The van der Waals surface area contributed by atoms with E-state index in [-0.39, 0.29) is 5.69 Å². The van der Waals surface area contributed by atoms with E-state index in [2.05, 4.69) is 17.1 Å². The summed E-state index contributed by atoms with van der Waals surface area (Å²) >= 11 is 0. The molecular weight excluding hydrogens is 202 g/mol. The van der Waals surface area contributed by atoms with Gasteiger partial charge in [-0.2, -0.15) is 10.5 Å². The first kappa shape index (κ1) is 10.3. The van der Waals surface area contributed by atoms with Crippen LogP contribution in [0.5, 0.6) is 0 Å². The number of hydrogen-bond acceptors (Lipinski definition) is 4. The van der Waals surface area contributed by atoms with Crippen molar-refractivity contribution in [2.24, 2.45) is 0 Å². The first-order valence-corrected chi connectivity index (χ1v) is 4.95. The highest BCUT2D eigenvalue weighted by Crippen LogP contribution is 2.49. The number of carbonyl (C=O) groups excluding carboxylic acids is 1. The Labute approximate surface area is 93.1 Å². The maximum absolute atomic E-state index is 10.7. The molecule has 0 radical (unpaired) electrons. The zero-order chi connectivity index (χ0) is 11.8. The van der Waals surface area contributed by atoms with Crippen LogP contribution in [0.2, 0.25) is 0 Å². The molecule has 0 aliphatic heterocycles. The van der Waals surface area contributed by atoms with Crippen LogP contribution in [0.1, 0.15) is 40.2 Å². The molecule has 4 nitrogen and oxygen atoms in total. The van der Waals surface area contributed by atoms with E-state index in [4.69, 9.17) is 10.5 Å². The van der Waals surface area contributed by atoms with Crippen molar-refractivity contribution in [3.63, 3.8) is 0 Å². The fraction of sp³-hybridized carbons (Fsp3) is 0.333. The Morgan fingerprint density at radius 1 is 1.50 bits per heavy atom. The van der Waals surface area contributed by atoms with Gasteiger partial charge in [-0.3, -0.25) is 4.79 Å². The van der Waals surface area contributed by atoms with E-state index >= 15 is 0 Å². The quantitative estimate of drug-likeness (QED) is 0.696. The minimum absolute atomic E-state index is 0.285. The lowest BCUT2D eigenvalue weighted by Gasteiger charge is -2.10. The van der Waals surface area contributed by atoms with Crippen LogP contribution in [0.4, 0.5) is 0 Å². The van der Waals surface area contributed by atoms with E-state index in [1.165, 1.54) is 0 Å². The molecule has 0 unspecified atom stereocenters. The maximum atomic E-state index is 10.7. The van der Waals surface area contributed by atoms with Gasteiger partial charge < -0.3 is 0 Å². The standard InChI is InChI=1S/C12H9N3O/c1-8-10(5-13)11(4-9(6-16)15-8)12(7-14)2-3-12/h4,6H,2-3H2,1H3. The first-order chi connectivity index (χ1) is 7.66. The number of nitriles is 2. The molecule has 1 saturated carbocycles. The van der Waals surface area contributed by atoms with E-state index in [0.29, 0.717) is 23.1 Å². The molecule has 1 aliphatic carbocycles. The second-order valence-corrected chi connectivity index (χ2v) is 3.98. The summed E-state index contributed by atoms with van der Waals surface area (Å²) in [5.41, 5.74) is 1.34. The fourth-order valence-electron chi connectivity index (χ4n) is 1.84. The molecule has 1 aliphatic rings. The Kier molecular flexibility index (Phi) is 2.21. The van der Waals surface area contributed by atoms with Crippen LogP contribution in [0.15, 0.2) is 6.07 Å². The number of rotatable bonds is 2. The highest BCUT2D eigenvalue weighted by Gasteiger charge is 2.47. The number of carbonyl (C=O) groups is 1. The van der Waals surface area contributed by atoms with E-state index < -0.39 is 5.41 Å². The molecule has 78 valence electrons. The van der Waals surface area contributed by atoms with Gasteiger partial charge in [-0.15, -0.1) is 0 Å². The Morgan fingerprint density at radius 2 is 2.19 bits per heavy atom. The molecule has 0 aromatic carbocycles. The molecule has 0 atom stereocenters. The number of aryl methyl sites for hydroxylation is 1. The fourth-order valence-corrected chi connectivity index (χ4v) is 1.84. The molecule has 0 saturated heterocycles. The average molecular weight is 211 g/mol. The van der Waals surface area contributed by atoms with Crippen LogP contribution in [0.25, 0.3) is 0 Å². The number of hydrogen-bond donors (Lipinski definition) is 0. The summed E-state index contributed by atoms with van der Waals surface area (Å²) in [6.07, 6.45) is 2.14. The summed E-state index contributed by atoms with van der Waals surface area (Å²) in [5.74, 6) is 0. The summed E-state index contributed by atoms with van der Waals surface area (Å²) in [4.78, 5) is 14.7. The highest BCUT2D eigenvalue weighted by molar-refractivity contribution is 5.73. The average Bonchev–Trinajstić information content (AvgIpc) is 3.08. The Bertz CT molecular complexity index is 545. The summed E-state index contributed by atoms with van der Waals surface area (Å²) in [6, 6.07) is 5.86. The predicted molar refractivity (Wildman–Crippen MR) is 55.6 cm³/mol. The van der Waals surface area contributed by atoms with Gasteiger partial charge in [0.05, 0.1) is 22.7 Å². The van der Waals surface area contributed by atoms with Gasteiger partial charge in [0, 0.05) is 0 Å². The van der Waals surface area contributed by atoms with Crippen molar-refractivity contribution in [3.05, 3.63) is 28.6 Å². The maximum Gasteiger partial charge on any atom is 0.168 e. The Morgan fingerprint density at radius 3 is 2.62 bits per heavy atom. The van der Waals surface area contributed by atoms with Gasteiger partial charge in [0.1, 0.15) is 11.8 Å². The van der Waals surface area contributed by atoms with Crippen LogP contribution >= 0.6 is 0 Å². The number of aromatic nitrogens is 1. The van der Waals surface area contributed by atoms with Crippen molar-refractivity contribution >= 4 is 6.29 Å². The van der Waals surface area contributed by atoms with Gasteiger partial charge in [0.2, 0.25) is 0 Å². The molecule has 0 bridgehead atoms. The second-order valence-electron chi connectivity index (χ2n) is 3.98. The lowest BCUT2D eigenvalue weighted by molar-refractivity contribution is 0.111. The molecule has 0 spiro atoms. The Hall–Kier alpha value is -2.20. The molecule has 4 heteroatoms. The molecular formula is C12H9N3O. The zero-order valence-electron chi connectivity index (χ0n) is 8.82. The minimum atomic E-state index is -0.559. The van der Waals surface area contributed by atoms with Crippen molar-refractivity contribution in [1.29, 1.82) is 10.5 Å². The van der Waals surface area contributed by atoms with Crippen molar-refractivity contribution in [2.45, 2.75) is 25.2 Å². The molecule has 0 N–H and O–H groups in total. The summed E-state index contributed by atoms with van der Waals surface area (Å²) in [6.45, 7) is 1.68. The van der Waals surface area contributed by atoms with Gasteiger partial charge in [-0.1, -0.05) is 0 Å². The Balaban J connectivity index is 2.69. The van der Waals surface area contributed by atoms with Gasteiger partial charge in [-0.25, -0.2) is 4.98 Å². The van der Waals surface area contributed by atoms with Crippen LogP contribution in [0.3, 0.4) is 0 Å². The van der Waals surface area contributed by atoms with Crippen molar-refractivity contribution in [3.8, 4) is 12.1 Å². The monoisotopic (exact) mass is 211 g/mol. The molecule has 1 heterocycles. The summed E-state index contributed by atoms with van der Waals surface area (Å²) in [5, 5.41) is 18.2. The first-order valence-electron chi connectivity index (χ1n) is 4.95. The molecule has 16 heavy (non-hydrogen) atoms. The molecule has 1 fully saturated rings. The van der Waals surface area contributed by atoms with Gasteiger partial charge >= 0.3 is 0 Å². The molecule has 2 rings (SSSR count).